The summed E-state index contributed by atoms with van der Waals surface area (Å²) in [5.41, 5.74) is 8.52. The molecule has 2 N–H and O–H groups in total. The molecule has 1 atom stereocenters. The predicted molar refractivity (Wildman–Crippen MR) is 84.2 cm³/mol. The lowest BCUT2D eigenvalue weighted by molar-refractivity contribution is 0.413. The molecule has 0 fully saturated rings. The zero-order chi connectivity index (χ0) is 14.4. The van der Waals surface area contributed by atoms with Crippen molar-refractivity contribution in [2.24, 2.45) is 5.73 Å². The Kier molecular flexibility index (Phi) is 4.80. The zero-order valence-corrected chi connectivity index (χ0v) is 12.3. The molecule has 2 aromatic carbocycles. The minimum atomic E-state index is -0.0116. The summed E-state index contributed by atoms with van der Waals surface area (Å²) in [5.74, 6) is 0.888. The second-order valence-electron chi connectivity index (χ2n) is 5.07. The fourth-order valence-corrected chi connectivity index (χ4v) is 2.95. The Labute approximate surface area is 121 Å². The van der Waals surface area contributed by atoms with Crippen LogP contribution in [-0.2, 0) is 5.41 Å². The van der Waals surface area contributed by atoms with E-state index >= 15 is 0 Å². The van der Waals surface area contributed by atoms with Crippen molar-refractivity contribution in [2.45, 2.75) is 25.2 Å². The van der Waals surface area contributed by atoms with Crippen LogP contribution in [0.1, 0.15) is 30.9 Å². The molecule has 0 saturated carbocycles. The minimum absolute atomic E-state index is 0.0116. The Morgan fingerprint density at radius 3 is 2.05 bits per heavy atom. The third-order valence-corrected chi connectivity index (χ3v) is 4.14. The van der Waals surface area contributed by atoms with Gasteiger partial charge in [-0.3, -0.25) is 0 Å². The Morgan fingerprint density at radius 1 is 0.950 bits per heavy atom. The third-order valence-electron chi connectivity index (χ3n) is 4.14. The topological polar surface area (TPSA) is 35.2 Å². The van der Waals surface area contributed by atoms with Crippen molar-refractivity contribution < 1.29 is 4.74 Å². The SMILES string of the molecule is CCC(CCN)(c1ccccc1)c1ccc(OC)cc1. The van der Waals surface area contributed by atoms with E-state index in [0.717, 1.165) is 18.6 Å². The first-order valence-corrected chi connectivity index (χ1v) is 7.17. The van der Waals surface area contributed by atoms with E-state index in [2.05, 4.69) is 49.4 Å². The van der Waals surface area contributed by atoms with Crippen LogP contribution in [0.5, 0.6) is 5.75 Å². The highest BCUT2D eigenvalue weighted by atomic mass is 16.5. The highest BCUT2D eigenvalue weighted by Crippen LogP contribution is 2.39. The van der Waals surface area contributed by atoms with Crippen molar-refractivity contribution >= 4 is 0 Å². The Hall–Kier alpha value is -1.80. The normalized spacial score (nSPS) is 13.8. The predicted octanol–water partition coefficient (Wildman–Crippen LogP) is 3.74. The van der Waals surface area contributed by atoms with Gasteiger partial charge in [0.15, 0.2) is 0 Å². The molecule has 0 aliphatic rings. The van der Waals surface area contributed by atoms with E-state index in [1.54, 1.807) is 7.11 Å². The molecule has 0 aromatic heterocycles. The quantitative estimate of drug-likeness (QED) is 0.867. The molecule has 0 heterocycles. The highest BCUT2D eigenvalue weighted by molar-refractivity contribution is 5.41. The molecule has 106 valence electrons. The molecule has 0 spiro atoms. The van der Waals surface area contributed by atoms with Crippen molar-refractivity contribution in [3.05, 3.63) is 65.7 Å². The van der Waals surface area contributed by atoms with Crippen LogP contribution in [0.25, 0.3) is 0 Å². The summed E-state index contributed by atoms with van der Waals surface area (Å²) in [6, 6.07) is 19.0. The van der Waals surface area contributed by atoms with Crippen molar-refractivity contribution in [1.82, 2.24) is 0 Å². The van der Waals surface area contributed by atoms with Crippen LogP contribution in [0.15, 0.2) is 54.6 Å². The molecule has 20 heavy (non-hydrogen) atoms. The van der Waals surface area contributed by atoms with E-state index in [1.807, 2.05) is 12.1 Å². The average molecular weight is 269 g/mol. The second kappa shape index (κ2) is 6.58. The molecule has 1 unspecified atom stereocenters. The van der Waals surface area contributed by atoms with Crippen molar-refractivity contribution in [3.63, 3.8) is 0 Å². The van der Waals surface area contributed by atoms with Crippen molar-refractivity contribution in [1.29, 1.82) is 0 Å². The maximum atomic E-state index is 5.90. The molecule has 2 heteroatoms. The van der Waals surface area contributed by atoms with Crippen LogP contribution in [0.4, 0.5) is 0 Å². The molecular weight excluding hydrogens is 246 g/mol. The van der Waals surface area contributed by atoms with Crippen LogP contribution >= 0.6 is 0 Å². The second-order valence-corrected chi connectivity index (χ2v) is 5.07. The number of benzene rings is 2. The summed E-state index contributed by atoms with van der Waals surface area (Å²) < 4.78 is 5.26. The van der Waals surface area contributed by atoms with Gasteiger partial charge in [0.05, 0.1) is 7.11 Å². The first-order valence-electron chi connectivity index (χ1n) is 7.17. The summed E-state index contributed by atoms with van der Waals surface area (Å²) in [6.07, 6.45) is 1.97. The molecule has 0 aliphatic carbocycles. The summed E-state index contributed by atoms with van der Waals surface area (Å²) in [5, 5.41) is 0. The largest absolute Gasteiger partial charge is 0.497 e. The van der Waals surface area contributed by atoms with Gasteiger partial charge >= 0.3 is 0 Å². The van der Waals surface area contributed by atoms with Crippen molar-refractivity contribution in [3.8, 4) is 5.75 Å². The number of nitrogens with two attached hydrogens (primary N) is 1. The van der Waals surface area contributed by atoms with Gasteiger partial charge in [0.1, 0.15) is 5.75 Å². The van der Waals surface area contributed by atoms with Gasteiger partial charge in [0.2, 0.25) is 0 Å². The Balaban J connectivity index is 2.50. The monoisotopic (exact) mass is 269 g/mol. The van der Waals surface area contributed by atoms with Gasteiger partial charge in [-0.1, -0.05) is 49.4 Å². The fraction of sp³-hybridized carbons (Fsp3) is 0.333. The molecule has 0 saturated heterocycles. The van der Waals surface area contributed by atoms with Crippen LogP contribution in [-0.4, -0.2) is 13.7 Å². The first kappa shape index (κ1) is 14.6. The summed E-state index contributed by atoms with van der Waals surface area (Å²) >= 11 is 0. The van der Waals surface area contributed by atoms with E-state index in [-0.39, 0.29) is 5.41 Å². The average Bonchev–Trinajstić information content (AvgIpc) is 2.54. The first-order chi connectivity index (χ1) is 9.76. The molecule has 0 bridgehead atoms. The lowest BCUT2D eigenvalue weighted by Gasteiger charge is -2.34. The van der Waals surface area contributed by atoms with Crippen LogP contribution in [0, 0.1) is 0 Å². The smallest absolute Gasteiger partial charge is 0.118 e. The third kappa shape index (κ3) is 2.70. The number of hydrogen-bond acceptors (Lipinski definition) is 2. The van der Waals surface area contributed by atoms with E-state index in [1.165, 1.54) is 11.1 Å². The molecule has 2 rings (SSSR count). The lowest BCUT2D eigenvalue weighted by atomic mass is 9.70. The van der Waals surface area contributed by atoms with Gasteiger partial charge in [-0.25, -0.2) is 0 Å². The van der Waals surface area contributed by atoms with E-state index in [4.69, 9.17) is 10.5 Å². The van der Waals surface area contributed by atoms with Crippen LogP contribution < -0.4 is 10.5 Å². The molecule has 0 amide bonds. The molecule has 0 radical (unpaired) electrons. The standard InChI is InChI=1S/C18H23NO/c1-3-18(13-14-19,15-7-5-4-6-8-15)16-9-11-17(20-2)12-10-16/h4-12H,3,13-14,19H2,1-2H3. The number of hydrogen-bond donors (Lipinski definition) is 1. The van der Waals surface area contributed by atoms with Gasteiger partial charge in [0, 0.05) is 5.41 Å². The highest BCUT2D eigenvalue weighted by Gasteiger charge is 2.31. The fourth-order valence-electron chi connectivity index (χ4n) is 2.95. The van der Waals surface area contributed by atoms with E-state index in [9.17, 15) is 0 Å². The van der Waals surface area contributed by atoms with Crippen molar-refractivity contribution in [2.75, 3.05) is 13.7 Å². The maximum Gasteiger partial charge on any atom is 0.118 e. The van der Waals surface area contributed by atoms with Gasteiger partial charge in [-0.15, -0.1) is 0 Å². The molecular formula is C18H23NO. The van der Waals surface area contributed by atoms with E-state index in [0.29, 0.717) is 6.54 Å². The maximum absolute atomic E-state index is 5.90. The lowest BCUT2D eigenvalue weighted by Crippen LogP contribution is -2.30. The van der Waals surface area contributed by atoms with Crippen LogP contribution in [0.3, 0.4) is 0 Å². The molecule has 2 aromatic rings. The Morgan fingerprint density at radius 2 is 1.55 bits per heavy atom. The van der Waals surface area contributed by atoms with Gasteiger partial charge in [-0.05, 0) is 42.6 Å². The molecule has 0 aliphatic heterocycles. The summed E-state index contributed by atoms with van der Waals surface area (Å²) in [6.45, 7) is 2.90. The van der Waals surface area contributed by atoms with E-state index < -0.39 is 0 Å². The summed E-state index contributed by atoms with van der Waals surface area (Å²) in [4.78, 5) is 0. The van der Waals surface area contributed by atoms with Gasteiger partial charge in [-0.2, -0.15) is 0 Å². The molecule has 2 nitrogen and oxygen atoms in total. The number of methoxy groups -OCH3 is 1. The zero-order valence-electron chi connectivity index (χ0n) is 12.3. The minimum Gasteiger partial charge on any atom is -0.497 e. The summed E-state index contributed by atoms with van der Waals surface area (Å²) in [7, 11) is 1.69. The van der Waals surface area contributed by atoms with Crippen LogP contribution in [0.2, 0.25) is 0 Å². The van der Waals surface area contributed by atoms with Gasteiger partial charge in [0.25, 0.3) is 0 Å². The van der Waals surface area contributed by atoms with Gasteiger partial charge < -0.3 is 10.5 Å². The Bertz CT molecular complexity index is 521. The number of rotatable bonds is 6. The number of ether oxygens (including phenoxy) is 1.